The van der Waals surface area contributed by atoms with Crippen LogP contribution >= 0.6 is 0 Å². The molecule has 0 radical (unpaired) electrons. The standard InChI is InChI=1S/C19H19NO/c1-14-6-8-15(9-7-14)10-11-19(21)17-12-16-4-2-3-5-18(16)20-13-17/h2-9,12-13,19,21H,10-11H2,1H3. The lowest BCUT2D eigenvalue weighted by Crippen LogP contribution is -2.00. The van der Waals surface area contributed by atoms with Crippen molar-refractivity contribution >= 4 is 10.9 Å². The largest absolute Gasteiger partial charge is 0.388 e. The predicted molar refractivity (Wildman–Crippen MR) is 86.2 cm³/mol. The van der Waals surface area contributed by atoms with Crippen molar-refractivity contribution in [2.45, 2.75) is 25.9 Å². The summed E-state index contributed by atoms with van der Waals surface area (Å²) in [4.78, 5) is 4.41. The monoisotopic (exact) mass is 277 g/mol. The molecule has 2 heteroatoms. The molecule has 1 unspecified atom stereocenters. The van der Waals surface area contributed by atoms with E-state index in [2.05, 4.69) is 36.2 Å². The second-order valence-electron chi connectivity index (χ2n) is 5.50. The van der Waals surface area contributed by atoms with Gasteiger partial charge in [-0.05, 0) is 43.0 Å². The van der Waals surface area contributed by atoms with E-state index in [4.69, 9.17) is 0 Å². The van der Waals surface area contributed by atoms with E-state index in [-0.39, 0.29) is 0 Å². The van der Waals surface area contributed by atoms with Crippen molar-refractivity contribution in [2.24, 2.45) is 0 Å². The summed E-state index contributed by atoms with van der Waals surface area (Å²) in [6.45, 7) is 2.08. The number of hydrogen-bond donors (Lipinski definition) is 1. The van der Waals surface area contributed by atoms with Crippen molar-refractivity contribution in [2.75, 3.05) is 0 Å². The molecule has 0 amide bonds. The van der Waals surface area contributed by atoms with Crippen LogP contribution in [0.15, 0.2) is 60.8 Å². The number of aliphatic hydroxyl groups excluding tert-OH is 1. The number of aliphatic hydroxyl groups is 1. The number of aryl methyl sites for hydroxylation is 2. The lowest BCUT2D eigenvalue weighted by Gasteiger charge is -2.11. The highest BCUT2D eigenvalue weighted by molar-refractivity contribution is 5.78. The molecule has 0 spiro atoms. The molecule has 1 heterocycles. The average molecular weight is 277 g/mol. The topological polar surface area (TPSA) is 33.1 Å². The van der Waals surface area contributed by atoms with Crippen molar-refractivity contribution in [3.05, 3.63) is 77.5 Å². The van der Waals surface area contributed by atoms with E-state index in [0.29, 0.717) is 6.42 Å². The number of hydrogen-bond acceptors (Lipinski definition) is 2. The number of aromatic nitrogens is 1. The van der Waals surface area contributed by atoms with Crippen molar-refractivity contribution in [3.8, 4) is 0 Å². The molecule has 0 saturated heterocycles. The van der Waals surface area contributed by atoms with Crippen molar-refractivity contribution in [1.82, 2.24) is 4.98 Å². The highest BCUT2D eigenvalue weighted by atomic mass is 16.3. The van der Waals surface area contributed by atoms with E-state index in [1.807, 2.05) is 30.3 Å². The van der Waals surface area contributed by atoms with E-state index in [9.17, 15) is 5.11 Å². The first-order valence-electron chi connectivity index (χ1n) is 7.31. The van der Waals surface area contributed by atoms with Gasteiger partial charge < -0.3 is 5.11 Å². The van der Waals surface area contributed by atoms with Crippen LogP contribution in [-0.4, -0.2) is 10.1 Å². The highest BCUT2D eigenvalue weighted by Gasteiger charge is 2.09. The van der Waals surface area contributed by atoms with Gasteiger partial charge in [0.1, 0.15) is 0 Å². The molecule has 21 heavy (non-hydrogen) atoms. The van der Waals surface area contributed by atoms with Crippen molar-refractivity contribution in [3.63, 3.8) is 0 Å². The Morgan fingerprint density at radius 3 is 2.62 bits per heavy atom. The molecule has 0 aliphatic rings. The number of para-hydroxylation sites is 1. The first-order chi connectivity index (χ1) is 10.2. The smallest absolute Gasteiger partial charge is 0.0808 e. The summed E-state index contributed by atoms with van der Waals surface area (Å²) >= 11 is 0. The van der Waals surface area contributed by atoms with Crippen LogP contribution in [0.2, 0.25) is 0 Å². The maximum absolute atomic E-state index is 10.4. The molecule has 2 nitrogen and oxygen atoms in total. The summed E-state index contributed by atoms with van der Waals surface area (Å²) in [5.41, 5.74) is 4.37. The number of rotatable bonds is 4. The quantitative estimate of drug-likeness (QED) is 0.775. The summed E-state index contributed by atoms with van der Waals surface area (Å²) in [6.07, 6.45) is 2.89. The Hall–Kier alpha value is -2.19. The Morgan fingerprint density at radius 1 is 1.05 bits per heavy atom. The second kappa shape index (κ2) is 6.06. The molecule has 3 aromatic rings. The van der Waals surface area contributed by atoms with Crippen LogP contribution in [-0.2, 0) is 6.42 Å². The van der Waals surface area contributed by atoms with Gasteiger partial charge in [0.15, 0.2) is 0 Å². The fraction of sp³-hybridized carbons (Fsp3) is 0.211. The summed E-state index contributed by atoms with van der Waals surface area (Å²) in [7, 11) is 0. The van der Waals surface area contributed by atoms with E-state index in [0.717, 1.165) is 22.9 Å². The van der Waals surface area contributed by atoms with Crippen LogP contribution in [0.3, 0.4) is 0 Å². The van der Waals surface area contributed by atoms with Gasteiger partial charge in [-0.2, -0.15) is 0 Å². The van der Waals surface area contributed by atoms with Gasteiger partial charge in [-0.3, -0.25) is 4.98 Å². The lowest BCUT2D eigenvalue weighted by molar-refractivity contribution is 0.167. The van der Waals surface area contributed by atoms with Gasteiger partial charge in [-0.1, -0.05) is 48.0 Å². The normalized spacial score (nSPS) is 12.5. The second-order valence-corrected chi connectivity index (χ2v) is 5.50. The molecule has 1 atom stereocenters. The third kappa shape index (κ3) is 3.29. The highest BCUT2D eigenvalue weighted by Crippen LogP contribution is 2.22. The molecule has 3 rings (SSSR count). The maximum atomic E-state index is 10.4. The zero-order valence-corrected chi connectivity index (χ0v) is 12.2. The lowest BCUT2D eigenvalue weighted by atomic mass is 10.0. The van der Waals surface area contributed by atoms with Crippen molar-refractivity contribution < 1.29 is 5.11 Å². The summed E-state index contributed by atoms with van der Waals surface area (Å²) in [5.74, 6) is 0. The van der Waals surface area contributed by atoms with E-state index >= 15 is 0 Å². The van der Waals surface area contributed by atoms with E-state index in [1.165, 1.54) is 11.1 Å². The zero-order chi connectivity index (χ0) is 14.7. The average Bonchev–Trinajstić information content (AvgIpc) is 2.53. The minimum atomic E-state index is -0.469. The van der Waals surface area contributed by atoms with E-state index in [1.54, 1.807) is 6.20 Å². The molecule has 0 aliphatic carbocycles. The molecule has 106 valence electrons. The number of fused-ring (bicyclic) bond motifs is 1. The van der Waals surface area contributed by atoms with Crippen LogP contribution in [0.1, 0.15) is 29.2 Å². The van der Waals surface area contributed by atoms with Gasteiger partial charge in [0, 0.05) is 11.6 Å². The third-order valence-electron chi connectivity index (χ3n) is 3.82. The van der Waals surface area contributed by atoms with Gasteiger partial charge in [-0.15, -0.1) is 0 Å². The summed E-state index contributed by atoms with van der Waals surface area (Å²) in [6, 6.07) is 18.5. The number of nitrogens with zero attached hydrogens (tertiary/aromatic N) is 1. The van der Waals surface area contributed by atoms with Crippen LogP contribution in [0.5, 0.6) is 0 Å². The Balaban J connectivity index is 1.71. The molecule has 1 N–H and O–H groups in total. The molecule has 0 bridgehead atoms. The fourth-order valence-electron chi connectivity index (χ4n) is 2.50. The van der Waals surface area contributed by atoms with Crippen LogP contribution in [0.25, 0.3) is 10.9 Å². The fourth-order valence-corrected chi connectivity index (χ4v) is 2.50. The van der Waals surface area contributed by atoms with Crippen LogP contribution in [0.4, 0.5) is 0 Å². The van der Waals surface area contributed by atoms with E-state index < -0.39 is 6.10 Å². The maximum Gasteiger partial charge on any atom is 0.0808 e. The van der Waals surface area contributed by atoms with Gasteiger partial charge in [-0.25, -0.2) is 0 Å². The SMILES string of the molecule is Cc1ccc(CCC(O)c2cnc3ccccc3c2)cc1. The minimum absolute atomic E-state index is 0.469. The molecule has 1 aromatic heterocycles. The van der Waals surface area contributed by atoms with Crippen LogP contribution in [0, 0.1) is 6.92 Å². The molecular weight excluding hydrogens is 258 g/mol. The van der Waals surface area contributed by atoms with Gasteiger partial charge in [0.2, 0.25) is 0 Å². The number of pyridine rings is 1. The molecule has 0 aliphatic heterocycles. The molecular formula is C19H19NO. The molecule has 0 saturated carbocycles. The van der Waals surface area contributed by atoms with Gasteiger partial charge >= 0.3 is 0 Å². The third-order valence-corrected chi connectivity index (χ3v) is 3.82. The first-order valence-corrected chi connectivity index (χ1v) is 7.31. The Kier molecular flexibility index (Phi) is 3.98. The molecule has 0 fully saturated rings. The summed E-state index contributed by atoms with van der Waals surface area (Å²) < 4.78 is 0. The Bertz CT molecular complexity index is 734. The molecule has 2 aromatic carbocycles. The Labute approximate surface area is 125 Å². The number of benzene rings is 2. The minimum Gasteiger partial charge on any atom is -0.388 e. The predicted octanol–water partition coefficient (Wildman–Crippen LogP) is 4.21. The first kappa shape index (κ1) is 13.8. The van der Waals surface area contributed by atoms with Crippen LogP contribution < -0.4 is 0 Å². The van der Waals surface area contributed by atoms with Crippen molar-refractivity contribution in [1.29, 1.82) is 0 Å². The van der Waals surface area contributed by atoms with Gasteiger partial charge in [0.25, 0.3) is 0 Å². The summed E-state index contributed by atoms with van der Waals surface area (Å²) in [5, 5.41) is 11.4. The van der Waals surface area contributed by atoms with Gasteiger partial charge in [0.05, 0.1) is 11.6 Å². The Morgan fingerprint density at radius 2 is 1.81 bits per heavy atom. The zero-order valence-electron chi connectivity index (χ0n) is 12.2.